The van der Waals surface area contributed by atoms with Crippen molar-refractivity contribution < 1.29 is 4.74 Å². The fourth-order valence-corrected chi connectivity index (χ4v) is 2.67. The first kappa shape index (κ1) is 11.5. The Labute approximate surface area is 106 Å². The van der Waals surface area contributed by atoms with Crippen LogP contribution in [0.15, 0.2) is 18.6 Å². The maximum atomic E-state index is 5.77. The van der Waals surface area contributed by atoms with Crippen LogP contribution in [0.4, 0.5) is 5.82 Å². The first-order valence-corrected chi connectivity index (χ1v) is 6.54. The second-order valence-corrected chi connectivity index (χ2v) is 4.64. The molecule has 0 amide bonds. The number of H-pyrrole nitrogens is 1. The Bertz CT molecular complexity index is 524. The minimum absolute atomic E-state index is 0.305. The number of hydrogen-bond acceptors (Lipinski definition) is 4. The molecular formula is C13H18N4O. The average Bonchev–Trinajstić information content (AvgIpc) is 3.00. The monoisotopic (exact) mass is 246 g/mol. The Morgan fingerprint density at radius 3 is 3.28 bits per heavy atom. The quantitative estimate of drug-likeness (QED) is 0.869. The molecule has 0 spiro atoms. The number of aromatic nitrogens is 3. The first-order valence-electron chi connectivity index (χ1n) is 6.54. The van der Waals surface area contributed by atoms with Gasteiger partial charge in [-0.3, -0.25) is 0 Å². The van der Waals surface area contributed by atoms with Crippen LogP contribution in [0.1, 0.15) is 26.2 Å². The Morgan fingerprint density at radius 2 is 2.39 bits per heavy atom. The average molecular weight is 246 g/mol. The van der Waals surface area contributed by atoms with Crippen LogP contribution in [0, 0.1) is 0 Å². The largest absolute Gasteiger partial charge is 0.376 e. The van der Waals surface area contributed by atoms with Gasteiger partial charge in [0.25, 0.3) is 0 Å². The van der Waals surface area contributed by atoms with Crippen molar-refractivity contribution in [2.75, 3.05) is 11.9 Å². The summed E-state index contributed by atoms with van der Waals surface area (Å²) in [6.45, 7) is 2.82. The van der Waals surface area contributed by atoms with Gasteiger partial charge in [0.2, 0.25) is 0 Å². The van der Waals surface area contributed by atoms with E-state index in [-0.39, 0.29) is 0 Å². The highest BCUT2D eigenvalue weighted by molar-refractivity contribution is 5.86. The number of ether oxygens (including phenoxy) is 1. The summed E-state index contributed by atoms with van der Waals surface area (Å²) in [4.78, 5) is 11.6. The minimum Gasteiger partial charge on any atom is -0.376 e. The van der Waals surface area contributed by atoms with Gasteiger partial charge < -0.3 is 15.0 Å². The van der Waals surface area contributed by atoms with Gasteiger partial charge in [-0.1, -0.05) is 0 Å². The van der Waals surface area contributed by atoms with E-state index < -0.39 is 0 Å². The highest BCUT2D eigenvalue weighted by Gasteiger charge is 2.28. The number of fused-ring (bicyclic) bond motifs is 1. The Kier molecular flexibility index (Phi) is 3.15. The molecule has 0 saturated heterocycles. The fraction of sp³-hybridized carbons (Fsp3) is 0.538. The number of rotatable bonds is 4. The molecule has 2 heterocycles. The molecule has 0 bridgehead atoms. The van der Waals surface area contributed by atoms with Gasteiger partial charge in [-0.25, -0.2) is 9.97 Å². The van der Waals surface area contributed by atoms with E-state index in [2.05, 4.69) is 20.3 Å². The van der Waals surface area contributed by atoms with Crippen LogP contribution >= 0.6 is 0 Å². The van der Waals surface area contributed by atoms with Crippen molar-refractivity contribution in [2.45, 2.75) is 38.3 Å². The Balaban J connectivity index is 1.81. The third kappa shape index (κ3) is 2.06. The lowest BCUT2D eigenvalue weighted by Crippen LogP contribution is -2.31. The van der Waals surface area contributed by atoms with Gasteiger partial charge in [0.1, 0.15) is 17.8 Å². The number of aromatic amines is 1. The van der Waals surface area contributed by atoms with Crippen LogP contribution < -0.4 is 5.32 Å². The van der Waals surface area contributed by atoms with E-state index in [1.165, 1.54) is 6.42 Å². The van der Waals surface area contributed by atoms with E-state index in [0.717, 1.165) is 36.3 Å². The van der Waals surface area contributed by atoms with Gasteiger partial charge in [-0.2, -0.15) is 0 Å². The van der Waals surface area contributed by atoms with Gasteiger partial charge in [0.15, 0.2) is 0 Å². The number of anilines is 1. The molecule has 0 aliphatic heterocycles. The summed E-state index contributed by atoms with van der Waals surface area (Å²) in [5.74, 6) is 0.901. The van der Waals surface area contributed by atoms with Crippen LogP contribution in [-0.2, 0) is 4.74 Å². The maximum absolute atomic E-state index is 5.77. The summed E-state index contributed by atoms with van der Waals surface area (Å²) in [7, 11) is 0. The van der Waals surface area contributed by atoms with Crippen molar-refractivity contribution in [1.29, 1.82) is 0 Å². The summed E-state index contributed by atoms with van der Waals surface area (Å²) >= 11 is 0. The lowest BCUT2D eigenvalue weighted by atomic mass is 10.2. The zero-order valence-corrected chi connectivity index (χ0v) is 10.5. The smallest absolute Gasteiger partial charge is 0.142 e. The van der Waals surface area contributed by atoms with Gasteiger partial charge in [-0.05, 0) is 32.3 Å². The fourth-order valence-electron chi connectivity index (χ4n) is 2.67. The Hall–Kier alpha value is -1.62. The van der Waals surface area contributed by atoms with Crippen molar-refractivity contribution in [3.63, 3.8) is 0 Å². The molecule has 1 fully saturated rings. The molecule has 1 saturated carbocycles. The molecule has 2 N–H and O–H groups in total. The standard InChI is InChI=1S/C13H18N4O/c1-2-18-11-5-3-4-10(11)17-13-9-6-7-14-12(9)15-8-16-13/h6-8,10-11H,2-5H2,1H3,(H2,14,15,16,17)/t10-,11-/m1/s1. The molecule has 18 heavy (non-hydrogen) atoms. The normalized spacial score (nSPS) is 23.6. The second-order valence-electron chi connectivity index (χ2n) is 4.64. The van der Waals surface area contributed by atoms with Gasteiger partial charge in [0, 0.05) is 12.8 Å². The van der Waals surface area contributed by atoms with Crippen LogP contribution in [0.3, 0.4) is 0 Å². The summed E-state index contributed by atoms with van der Waals surface area (Å²) < 4.78 is 5.77. The molecule has 1 aliphatic carbocycles. The minimum atomic E-state index is 0.305. The molecule has 1 aliphatic rings. The molecule has 0 radical (unpaired) electrons. The molecule has 96 valence electrons. The van der Waals surface area contributed by atoms with Crippen LogP contribution in [-0.4, -0.2) is 33.7 Å². The van der Waals surface area contributed by atoms with Crippen molar-refractivity contribution in [1.82, 2.24) is 15.0 Å². The summed E-state index contributed by atoms with van der Waals surface area (Å²) in [6, 6.07) is 2.36. The third-order valence-corrected chi connectivity index (χ3v) is 3.51. The third-order valence-electron chi connectivity index (χ3n) is 3.51. The highest BCUT2D eigenvalue weighted by Crippen LogP contribution is 2.27. The molecule has 0 aromatic carbocycles. The number of nitrogens with zero attached hydrogens (tertiary/aromatic N) is 2. The van der Waals surface area contributed by atoms with E-state index in [1.54, 1.807) is 6.33 Å². The number of hydrogen-bond donors (Lipinski definition) is 2. The van der Waals surface area contributed by atoms with Crippen molar-refractivity contribution in [3.8, 4) is 0 Å². The van der Waals surface area contributed by atoms with Crippen LogP contribution in [0.25, 0.3) is 11.0 Å². The molecule has 5 heteroatoms. The van der Waals surface area contributed by atoms with Crippen LogP contribution in [0.5, 0.6) is 0 Å². The lowest BCUT2D eigenvalue weighted by Gasteiger charge is -2.21. The molecule has 2 aromatic heterocycles. The lowest BCUT2D eigenvalue weighted by molar-refractivity contribution is 0.0616. The second kappa shape index (κ2) is 4.94. The molecular weight excluding hydrogens is 228 g/mol. The Morgan fingerprint density at radius 1 is 1.44 bits per heavy atom. The van der Waals surface area contributed by atoms with Crippen molar-refractivity contribution in [2.24, 2.45) is 0 Å². The van der Waals surface area contributed by atoms with E-state index in [9.17, 15) is 0 Å². The van der Waals surface area contributed by atoms with E-state index in [0.29, 0.717) is 12.1 Å². The first-order chi connectivity index (χ1) is 8.88. The van der Waals surface area contributed by atoms with E-state index in [1.807, 2.05) is 19.2 Å². The van der Waals surface area contributed by atoms with Gasteiger partial charge in [0.05, 0.1) is 17.5 Å². The SMILES string of the molecule is CCO[C@@H]1CCC[C@H]1Nc1ncnc2[nH]ccc12. The topological polar surface area (TPSA) is 62.8 Å². The zero-order chi connectivity index (χ0) is 12.4. The summed E-state index contributed by atoms with van der Waals surface area (Å²) in [5.41, 5.74) is 0.874. The van der Waals surface area contributed by atoms with E-state index >= 15 is 0 Å². The predicted molar refractivity (Wildman–Crippen MR) is 70.6 cm³/mol. The molecule has 2 aromatic rings. The molecule has 3 rings (SSSR count). The van der Waals surface area contributed by atoms with Gasteiger partial charge >= 0.3 is 0 Å². The van der Waals surface area contributed by atoms with Crippen molar-refractivity contribution >= 4 is 16.9 Å². The van der Waals surface area contributed by atoms with E-state index in [4.69, 9.17) is 4.74 Å². The molecule has 2 atom stereocenters. The molecule has 0 unspecified atom stereocenters. The predicted octanol–water partition coefficient (Wildman–Crippen LogP) is 2.33. The highest BCUT2D eigenvalue weighted by atomic mass is 16.5. The van der Waals surface area contributed by atoms with Crippen LogP contribution in [0.2, 0.25) is 0 Å². The molecule has 5 nitrogen and oxygen atoms in total. The zero-order valence-electron chi connectivity index (χ0n) is 10.5. The van der Waals surface area contributed by atoms with Crippen molar-refractivity contribution in [3.05, 3.63) is 18.6 Å². The summed E-state index contributed by atoms with van der Waals surface area (Å²) in [6.07, 6.45) is 7.27. The summed E-state index contributed by atoms with van der Waals surface area (Å²) in [5, 5.41) is 4.55. The van der Waals surface area contributed by atoms with Gasteiger partial charge in [-0.15, -0.1) is 0 Å². The number of nitrogens with one attached hydrogen (secondary N) is 2. The maximum Gasteiger partial charge on any atom is 0.142 e.